The van der Waals surface area contributed by atoms with Gasteiger partial charge in [0.05, 0.1) is 6.61 Å². The third-order valence-electron chi connectivity index (χ3n) is 2.66. The lowest BCUT2D eigenvalue weighted by atomic mass is 10.3. The highest BCUT2D eigenvalue weighted by atomic mass is 16.5. The van der Waals surface area contributed by atoms with Crippen molar-refractivity contribution in [1.29, 1.82) is 0 Å². The molecule has 6 heteroatoms. The predicted molar refractivity (Wildman–Crippen MR) is 58.8 cm³/mol. The van der Waals surface area contributed by atoms with Crippen LogP contribution in [-0.4, -0.2) is 69.3 Å². The topological polar surface area (TPSA) is 64.5 Å². The molecular weight excluding hydrogens is 194 g/mol. The van der Waals surface area contributed by atoms with Gasteiger partial charge in [0.1, 0.15) is 0 Å². The number of ether oxygens (including phenoxy) is 1. The number of hydrogen-bond acceptors (Lipinski definition) is 4. The first-order chi connectivity index (χ1) is 7.36. The molecule has 0 N–H and O–H groups in total. The first-order valence-electron chi connectivity index (χ1n) is 5.31. The summed E-state index contributed by atoms with van der Waals surface area (Å²) in [5.74, 6) is 0. The Kier molecular flexibility index (Phi) is 6.11. The van der Waals surface area contributed by atoms with Crippen molar-refractivity contribution in [3.63, 3.8) is 0 Å². The number of azide groups is 1. The Labute approximate surface area is 90.4 Å². The van der Waals surface area contributed by atoms with E-state index in [1.807, 2.05) is 0 Å². The van der Waals surface area contributed by atoms with Crippen LogP contribution in [0.4, 0.5) is 0 Å². The molecule has 1 aliphatic heterocycles. The fourth-order valence-electron chi connectivity index (χ4n) is 1.69. The summed E-state index contributed by atoms with van der Waals surface area (Å²) < 4.78 is 5.04. The van der Waals surface area contributed by atoms with Crippen molar-refractivity contribution in [2.75, 3.05) is 59.5 Å². The number of piperazine rings is 1. The molecule has 0 radical (unpaired) electrons. The van der Waals surface area contributed by atoms with Crippen LogP contribution in [0.1, 0.15) is 0 Å². The quantitative estimate of drug-likeness (QED) is 0.368. The van der Waals surface area contributed by atoms with Crippen molar-refractivity contribution < 1.29 is 4.74 Å². The second kappa shape index (κ2) is 7.48. The smallest absolute Gasteiger partial charge is 0.0589 e. The highest BCUT2D eigenvalue weighted by molar-refractivity contribution is 4.72. The molecule has 1 heterocycles. The zero-order valence-corrected chi connectivity index (χ0v) is 9.30. The molecule has 1 saturated heterocycles. The lowest BCUT2D eigenvalue weighted by molar-refractivity contribution is 0.0984. The van der Waals surface area contributed by atoms with E-state index in [4.69, 9.17) is 10.3 Å². The maximum absolute atomic E-state index is 8.15. The summed E-state index contributed by atoms with van der Waals surface area (Å²) in [7, 11) is 1.73. The Balaban J connectivity index is 2.09. The Morgan fingerprint density at radius 1 is 1.20 bits per heavy atom. The fraction of sp³-hybridized carbons (Fsp3) is 1.00. The molecule has 0 bridgehead atoms. The molecule has 0 saturated carbocycles. The monoisotopic (exact) mass is 213 g/mol. The van der Waals surface area contributed by atoms with Crippen molar-refractivity contribution in [2.24, 2.45) is 5.11 Å². The van der Waals surface area contributed by atoms with Gasteiger partial charge < -0.3 is 9.64 Å². The minimum atomic E-state index is 0.578. The number of hydrogen-bond donors (Lipinski definition) is 0. The summed E-state index contributed by atoms with van der Waals surface area (Å²) >= 11 is 0. The van der Waals surface area contributed by atoms with Crippen LogP contribution in [0.2, 0.25) is 0 Å². The molecule has 1 rings (SSSR count). The molecule has 0 aromatic heterocycles. The van der Waals surface area contributed by atoms with E-state index >= 15 is 0 Å². The molecule has 0 atom stereocenters. The Morgan fingerprint density at radius 2 is 1.80 bits per heavy atom. The van der Waals surface area contributed by atoms with Crippen molar-refractivity contribution in [2.45, 2.75) is 0 Å². The largest absolute Gasteiger partial charge is 0.383 e. The van der Waals surface area contributed by atoms with Gasteiger partial charge in [-0.2, -0.15) is 0 Å². The third-order valence-corrected chi connectivity index (χ3v) is 2.66. The summed E-state index contributed by atoms with van der Waals surface area (Å²) in [6.45, 7) is 7.56. The van der Waals surface area contributed by atoms with E-state index < -0.39 is 0 Å². The molecule has 0 aromatic carbocycles. The van der Waals surface area contributed by atoms with Crippen LogP contribution < -0.4 is 0 Å². The number of nitrogens with zero attached hydrogens (tertiary/aromatic N) is 5. The number of rotatable bonds is 6. The van der Waals surface area contributed by atoms with Crippen LogP contribution in [0.3, 0.4) is 0 Å². The zero-order valence-electron chi connectivity index (χ0n) is 9.30. The third kappa shape index (κ3) is 4.99. The van der Waals surface area contributed by atoms with Crippen LogP contribution in [-0.2, 0) is 4.74 Å². The van der Waals surface area contributed by atoms with E-state index in [-0.39, 0.29) is 0 Å². The van der Waals surface area contributed by atoms with Gasteiger partial charge in [0.25, 0.3) is 0 Å². The van der Waals surface area contributed by atoms with Crippen molar-refractivity contribution in [3.8, 4) is 0 Å². The molecule has 1 fully saturated rings. The van der Waals surface area contributed by atoms with Crippen LogP contribution in [0.15, 0.2) is 5.11 Å². The second-order valence-corrected chi connectivity index (χ2v) is 3.63. The van der Waals surface area contributed by atoms with Gasteiger partial charge in [0, 0.05) is 57.8 Å². The first-order valence-corrected chi connectivity index (χ1v) is 5.31. The van der Waals surface area contributed by atoms with Gasteiger partial charge in [-0.3, -0.25) is 4.90 Å². The van der Waals surface area contributed by atoms with Gasteiger partial charge in [0.2, 0.25) is 0 Å². The van der Waals surface area contributed by atoms with E-state index in [1.54, 1.807) is 7.11 Å². The van der Waals surface area contributed by atoms with Gasteiger partial charge >= 0.3 is 0 Å². The van der Waals surface area contributed by atoms with E-state index in [0.717, 1.165) is 45.9 Å². The zero-order chi connectivity index (χ0) is 10.9. The van der Waals surface area contributed by atoms with Crippen LogP contribution >= 0.6 is 0 Å². The van der Waals surface area contributed by atoms with Crippen molar-refractivity contribution in [1.82, 2.24) is 9.80 Å². The average Bonchev–Trinajstić information content (AvgIpc) is 2.28. The van der Waals surface area contributed by atoms with Crippen LogP contribution in [0.5, 0.6) is 0 Å². The van der Waals surface area contributed by atoms with Gasteiger partial charge in [-0.15, -0.1) is 0 Å². The molecule has 0 amide bonds. The molecule has 0 aromatic rings. The van der Waals surface area contributed by atoms with Crippen LogP contribution in [0.25, 0.3) is 10.4 Å². The van der Waals surface area contributed by atoms with E-state index in [9.17, 15) is 0 Å². The van der Waals surface area contributed by atoms with Gasteiger partial charge in [0.15, 0.2) is 0 Å². The number of methoxy groups -OCH3 is 1. The highest BCUT2D eigenvalue weighted by Crippen LogP contribution is 2.00. The summed E-state index contributed by atoms with van der Waals surface area (Å²) in [6.07, 6.45) is 0. The Morgan fingerprint density at radius 3 is 2.33 bits per heavy atom. The molecular formula is C9H19N5O. The minimum Gasteiger partial charge on any atom is -0.383 e. The van der Waals surface area contributed by atoms with Crippen LogP contribution in [0, 0.1) is 0 Å². The summed E-state index contributed by atoms with van der Waals surface area (Å²) in [5.41, 5.74) is 8.15. The molecule has 0 aliphatic carbocycles. The average molecular weight is 213 g/mol. The minimum absolute atomic E-state index is 0.578. The standard InChI is InChI=1S/C9H19N5O/c1-15-9-8-14-6-4-13(5-7-14)3-2-11-12-10/h2-9H2,1H3. The van der Waals surface area contributed by atoms with Crippen molar-refractivity contribution in [3.05, 3.63) is 10.4 Å². The molecule has 86 valence electrons. The molecule has 15 heavy (non-hydrogen) atoms. The van der Waals surface area contributed by atoms with Gasteiger partial charge in [-0.25, -0.2) is 0 Å². The SMILES string of the molecule is COCCN1CCN(CCN=[N+]=[N-])CC1. The van der Waals surface area contributed by atoms with Gasteiger partial charge in [-0.05, 0) is 5.53 Å². The highest BCUT2D eigenvalue weighted by Gasteiger charge is 2.15. The molecule has 0 spiro atoms. The Hall–Kier alpha value is -0.810. The predicted octanol–water partition coefficient (Wildman–Crippen LogP) is 0.561. The maximum atomic E-state index is 8.15. The first kappa shape index (κ1) is 12.3. The molecule has 1 aliphatic rings. The normalized spacial score (nSPS) is 18.7. The van der Waals surface area contributed by atoms with E-state index in [1.165, 1.54) is 0 Å². The lowest BCUT2D eigenvalue weighted by Gasteiger charge is -2.34. The lowest BCUT2D eigenvalue weighted by Crippen LogP contribution is -2.47. The van der Waals surface area contributed by atoms with E-state index in [0.29, 0.717) is 6.54 Å². The maximum Gasteiger partial charge on any atom is 0.0589 e. The molecule has 6 nitrogen and oxygen atoms in total. The van der Waals surface area contributed by atoms with Crippen molar-refractivity contribution >= 4 is 0 Å². The summed E-state index contributed by atoms with van der Waals surface area (Å²) in [6, 6.07) is 0. The molecule has 0 unspecified atom stereocenters. The van der Waals surface area contributed by atoms with Gasteiger partial charge in [-0.1, -0.05) is 5.11 Å². The summed E-state index contributed by atoms with van der Waals surface area (Å²) in [5, 5.41) is 3.54. The second-order valence-electron chi connectivity index (χ2n) is 3.63. The van der Waals surface area contributed by atoms with E-state index in [2.05, 4.69) is 19.8 Å². The summed E-state index contributed by atoms with van der Waals surface area (Å²) in [4.78, 5) is 7.47. The fourth-order valence-corrected chi connectivity index (χ4v) is 1.69. The Bertz CT molecular complexity index is 209.